The molecule has 0 bridgehead atoms. The van der Waals surface area contributed by atoms with Crippen LogP contribution in [0, 0.1) is 6.92 Å². The average Bonchev–Trinajstić information content (AvgIpc) is 2.29. The van der Waals surface area contributed by atoms with Crippen molar-refractivity contribution in [3.63, 3.8) is 0 Å². The molecule has 0 saturated carbocycles. The Morgan fingerprint density at radius 1 is 0.882 bits per heavy atom. The summed E-state index contributed by atoms with van der Waals surface area (Å²) in [6, 6.07) is 0. The molecule has 0 spiro atoms. The lowest BCUT2D eigenvalue weighted by atomic mass is 10.5. The van der Waals surface area contributed by atoms with E-state index in [2.05, 4.69) is 15.0 Å². The van der Waals surface area contributed by atoms with E-state index in [0.717, 1.165) is 0 Å². The quantitative estimate of drug-likeness (QED) is 0.663. The molecule has 2 N–H and O–H groups in total. The lowest BCUT2D eigenvalue weighted by Gasteiger charge is -2.20. The topological polar surface area (TPSA) is 85.6 Å². The SMILES string of the molecule is Cc1nc(N(C)CCO)nc(N(C)CCO)n1. The summed E-state index contributed by atoms with van der Waals surface area (Å²) in [5.41, 5.74) is 0. The Kier molecular flexibility index (Phi) is 5.05. The van der Waals surface area contributed by atoms with E-state index in [1.54, 1.807) is 30.8 Å². The van der Waals surface area contributed by atoms with Gasteiger partial charge in [-0.15, -0.1) is 0 Å². The number of likely N-dealkylation sites (N-methyl/N-ethyl adjacent to an activating group) is 2. The second-order valence-electron chi connectivity index (χ2n) is 3.77. The molecule has 7 heteroatoms. The van der Waals surface area contributed by atoms with Crippen molar-refractivity contribution in [3.8, 4) is 0 Å². The third-order valence-corrected chi connectivity index (χ3v) is 2.28. The summed E-state index contributed by atoms with van der Waals surface area (Å²) in [6.07, 6.45) is 0. The first-order valence-corrected chi connectivity index (χ1v) is 5.45. The van der Waals surface area contributed by atoms with Crippen molar-refractivity contribution in [3.05, 3.63) is 5.82 Å². The normalized spacial score (nSPS) is 10.4. The molecule has 7 nitrogen and oxygen atoms in total. The lowest BCUT2D eigenvalue weighted by Crippen LogP contribution is -2.28. The molecule has 0 aliphatic heterocycles. The van der Waals surface area contributed by atoms with Crippen molar-refractivity contribution in [2.45, 2.75) is 6.92 Å². The van der Waals surface area contributed by atoms with Crippen molar-refractivity contribution in [2.24, 2.45) is 0 Å². The lowest BCUT2D eigenvalue weighted by molar-refractivity contribution is 0.303. The molecule has 1 heterocycles. The summed E-state index contributed by atoms with van der Waals surface area (Å²) in [5, 5.41) is 17.7. The second kappa shape index (κ2) is 6.31. The summed E-state index contributed by atoms with van der Waals surface area (Å²) in [4.78, 5) is 16.2. The minimum absolute atomic E-state index is 0.0447. The van der Waals surface area contributed by atoms with Gasteiger partial charge in [0.25, 0.3) is 0 Å². The van der Waals surface area contributed by atoms with Crippen LogP contribution in [0.2, 0.25) is 0 Å². The van der Waals surface area contributed by atoms with E-state index in [0.29, 0.717) is 30.8 Å². The van der Waals surface area contributed by atoms with Gasteiger partial charge in [-0.1, -0.05) is 0 Å². The molecule has 0 saturated heterocycles. The van der Waals surface area contributed by atoms with Gasteiger partial charge in [0.2, 0.25) is 11.9 Å². The van der Waals surface area contributed by atoms with Gasteiger partial charge in [0.15, 0.2) is 0 Å². The van der Waals surface area contributed by atoms with E-state index < -0.39 is 0 Å². The van der Waals surface area contributed by atoms with Crippen LogP contribution in [-0.4, -0.2) is 65.6 Å². The first kappa shape index (κ1) is 13.6. The predicted molar refractivity (Wildman–Crippen MR) is 65.3 cm³/mol. The zero-order valence-electron chi connectivity index (χ0n) is 10.5. The fourth-order valence-corrected chi connectivity index (χ4v) is 1.30. The predicted octanol–water partition coefficient (Wildman–Crippen LogP) is -0.963. The van der Waals surface area contributed by atoms with Gasteiger partial charge in [-0.2, -0.15) is 15.0 Å². The third-order valence-electron chi connectivity index (χ3n) is 2.28. The molecule has 0 atom stereocenters. The van der Waals surface area contributed by atoms with Crippen LogP contribution in [0.15, 0.2) is 0 Å². The molecular weight excluding hydrogens is 222 g/mol. The number of hydrogen-bond donors (Lipinski definition) is 2. The van der Waals surface area contributed by atoms with Crippen LogP contribution >= 0.6 is 0 Å². The third kappa shape index (κ3) is 3.79. The molecule has 1 aromatic heterocycles. The van der Waals surface area contributed by atoms with Gasteiger partial charge < -0.3 is 20.0 Å². The molecule has 0 unspecified atom stereocenters. The largest absolute Gasteiger partial charge is 0.395 e. The first-order chi connectivity index (χ1) is 8.08. The standard InChI is InChI=1S/C10H19N5O2/c1-8-11-9(14(2)4-6-16)13-10(12-8)15(3)5-7-17/h16-17H,4-7H2,1-3H3. The van der Waals surface area contributed by atoms with Crippen LogP contribution in [-0.2, 0) is 0 Å². The summed E-state index contributed by atoms with van der Waals surface area (Å²) >= 11 is 0. The Bertz CT molecular complexity index is 330. The zero-order chi connectivity index (χ0) is 12.8. The molecule has 0 aliphatic rings. The minimum Gasteiger partial charge on any atom is -0.395 e. The van der Waals surface area contributed by atoms with E-state index in [1.165, 1.54) is 0 Å². The van der Waals surface area contributed by atoms with Crippen LogP contribution in [0.1, 0.15) is 5.82 Å². The molecule has 0 aliphatic carbocycles. The smallest absolute Gasteiger partial charge is 0.230 e. The molecule has 17 heavy (non-hydrogen) atoms. The van der Waals surface area contributed by atoms with E-state index in [4.69, 9.17) is 10.2 Å². The molecule has 0 fully saturated rings. The van der Waals surface area contributed by atoms with Gasteiger partial charge in [-0.05, 0) is 6.92 Å². The maximum atomic E-state index is 8.87. The number of rotatable bonds is 6. The van der Waals surface area contributed by atoms with Gasteiger partial charge >= 0.3 is 0 Å². The molecule has 0 radical (unpaired) electrons. The van der Waals surface area contributed by atoms with Gasteiger partial charge in [0.05, 0.1) is 13.2 Å². The van der Waals surface area contributed by atoms with Crippen molar-refractivity contribution in [1.82, 2.24) is 15.0 Å². The fourth-order valence-electron chi connectivity index (χ4n) is 1.30. The first-order valence-electron chi connectivity index (χ1n) is 5.45. The van der Waals surface area contributed by atoms with Crippen LogP contribution < -0.4 is 9.80 Å². The molecule has 0 amide bonds. The number of aliphatic hydroxyl groups is 2. The van der Waals surface area contributed by atoms with Gasteiger partial charge in [-0.3, -0.25) is 0 Å². The van der Waals surface area contributed by atoms with E-state index in [-0.39, 0.29) is 13.2 Å². The number of nitrogens with zero attached hydrogens (tertiary/aromatic N) is 5. The Balaban J connectivity index is 2.93. The number of anilines is 2. The highest BCUT2D eigenvalue weighted by Gasteiger charge is 2.10. The van der Waals surface area contributed by atoms with E-state index in [1.807, 2.05) is 0 Å². The maximum absolute atomic E-state index is 8.87. The summed E-state index contributed by atoms with van der Waals surface area (Å²) in [7, 11) is 3.61. The van der Waals surface area contributed by atoms with Crippen molar-refractivity contribution >= 4 is 11.9 Å². The summed E-state index contributed by atoms with van der Waals surface area (Å²) in [5.74, 6) is 1.65. The van der Waals surface area contributed by atoms with Gasteiger partial charge in [0, 0.05) is 27.2 Å². The van der Waals surface area contributed by atoms with Crippen molar-refractivity contribution < 1.29 is 10.2 Å². The Hall–Kier alpha value is -1.47. The fraction of sp³-hybridized carbons (Fsp3) is 0.700. The van der Waals surface area contributed by atoms with Crippen LogP contribution in [0.3, 0.4) is 0 Å². The van der Waals surface area contributed by atoms with Gasteiger partial charge in [0.1, 0.15) is 5.82 Å². The van der Waals surface area contributed by atoms with Crippen molar-refractivity contribution in [2.75, 3.05) is 50.2 Å². The second-order valence-corrected chi connectivity index (χ2v) is 3.77. The Morgan fingerprint density at radius 3 is 1.65 bits per heavy atom. The number of aromatic nitrogens is 3. The maximum Gasteiger partial charge on any atom is 0.230 e. The number of aliphatic hydroxyl groups excluding tert-OH is 2. The molecule has 0 aromatic carbocycles. The van der Waals surface area contributed by atoms with Crippen molar-refractivity contribution in [1.29, 1.82) is 0 Å². The number of aryl methyl sites for hydroxylation is 1. The highest BCUT2D eigenvalue weighted by Crippen LogP contribution is 2.11. The highest BCUT2D eigenvalue weighted by molar-refractivity contribution is 5.37. The number of hydrogen-bond acceptors (Lipinski definition) is 7. The van der Waals surface area contributed by atoms with Crippen LogP contribution in [0.5, 0.6) is 0 Å². The van der Waals surface area contributed by atoms with Crippen LogP contribution in [0.25, 0.3) is 0 Å². The van der Waals surface area contributed by atoms with E-state index >= 15 is 0 Å². The van der Waals surface area contributed by atoms with Crippen LogP contribution in [0.4, 0.5) is 11.9 Å². The van der Waals surface area contributed by atoms with Gasteiger partial charge in [-0.25, -0.2) is 0 Å². The Labute approximate surface area is 101 Å². The molecular formula is C10H19N5O2. The Morgan fingerprint density at radius 2 is 1.29 bits per heavy atom. The molecule has 96 valence electrons. The zero-order valence-corrected chi connectivity index (χ0v) is 10.5. The molecule has 1 aromatic rings. The average molecular weight is 241 g/mol. The minimum atomic E-state index is 0.0447. The van der Waals surface area contributed by atoms with E-state index in [9.17, 15) is 0 Å². The summed E-state index contributed by atoms with van der Waals surface area (Å²) in [6.45, 7) is 2.81. The summed E-state index contributed by atoms with van der Waals surface area (Å²) < 4.78 is 0. The monoisotopic (exact) mass is 241 g/mol. The highest BCUT2D eigenvalue weighted by atomic mass is 16.3. The molecule has 1 rings (SSSR count).